The Balaban J connectivity index is 2.00. The van der Waals surface area contributed by atoms with Gasteiger partial charge < -0.3 is 5.11 Å². The maximum absolute atomic E-state index is 12.7. The van der Waals surface area contributed by atoms with Crippen LogP contribution in [0.25, 0.3) is 0 Å². The second kappa shape index (κ2) is 4.74. The molecular weight excluding hydrogens is 302 g/mol. The first-order chi connectivity index (χ1) is 9.41. The molecule has 9 heteroatoms. The van der Waals surface area contributed by atoms with Crippen LogP contribution in [0, 0.1) is 5.92 Å². The molecule has 1 aromatic rings. The zero-order valence-electron chi connectivity index (χ0n) is 10.8. The highest BCUT2D eigenvalue weighted by molar-refractivity contribution is 8.01. The van der Waals surface area contributed by atoms with Crippen LogP contribution in [0.3, 0.4) is 0 Å². The lowest BCUT2D eigenvalue weighted by atomic mass is 10.3. The van der Waals surface area contributed by atoms with Crippen molar-refractivity contribution in [3.63, 3.8) is 0 Å². The number of sulfonamides is 1. The minimum Gasteiger partial charge on any atom is -0.480 e. The third-order valence-electron chi connectivity index (χ3n) is 3.55. The Labute approximate surface area is 121 Å². The highest BCUT2D eigenvalue weighted by atomic mass is 32.2. The smallest absolute Gasteiger partial charge is 0.322 e. The molecule has 0 bridgehead atoms. The van der Waals surface area contributed by atoms with Crippen LogP contribution in [0.15, 0.2) is 17.3 Å². The average Bonchev–Trinajstić information content (AvgIpc) is 2.95. The highest BCUT2D eigenvalue weighted by Crippen LogP contribution is 2.47. The molecule has 0 aromatic carbocycles. The van der Waals surface area contributed by atoms with Crippen molar-refractivity contribution in [2.24, 2.45) is 13.0 Å². The zero-order chi connectivity index (χ0) is 14.5. The van der Waals surface area contributed by atoms with Gasteiger partial charge in [-0.2, -0.15) is 9.40 Å². The van der Waals surface area contributed by atoms with Crippen molar-refractivity contribution in [1.29, 1.82) is 0 Å². The predicted molar refractivity (Wildman–Crippen MR) is 72.6 cm³/mol. The van der Waals surface area contributed by atoms with Gasteiger partial charge in [0.2, 0.25) is 10.0 Å². The van der Waals surface area contributed by atoms with Gasteiger partial charge in [0.05, 0.1) is 11.6 Å². The van der Waals surface area contributed by atoms with E-state index in [1.165, 1.54) is 33.1 Å². The highest BCUT2D eigenvalue weighted by Gasteiger charge is 2.51. The van der Waals surface area contributed by atoms with Crippen molar-refractivity contribution >= 4 is 27.8 Å². The van der Waals surface area contributed by atoms with E-state index in [4.69, 9.17) is 0 Å². The number of nitrogens with zero attached hydrogens (tertiary/aromatic N) is 3. The van der Waals surface area contributed by atoms with Gasteiger partial charge in [0.25, 0.3) is 0 Å². The molecule has 20 heavy (non-hydrogen) atoms. The lowest BCUT2D eigenvalue weighted by Crippen LogP contribution is -2.46. The second-order valence-electron chi connectivity index (χ2n) is 5.10. The molecule has 0 radical (unpaired) electrons. The molecular formula is C11H15N3O4S2. The van der Waals surface area contributed by atoms with Crippen LogP contribution in [0.5, 0.6) is 0 Å². The van der Waals surface area contributed by atoms with E-state index in [9.17, 15) is 18.3 Å². The number of thioether (sulfide) groups is 1. The normalized spacial score (nSPS) is 27.9. The van der Waals surface area contributed by atoms with Gasteiger partial charge in [0.15, 0.2) is 0 Å². The van der Waals surface area contributed by atoms with Crippen molar-refractivity contribution in [3.8, 4) is 0 Å². The molecule has 1 saturated carbocycles. The minimum atomic E-state index is -3.82. The minimum absolute atomic E-state index is 0.0550. The molecule has 0 spiro atoms. The number of rotatable bonds is 4. The van der Waals surface area contributed by atoms with E-state index in [0.717, 1.165) is 12.8 Å². The Bertz CT molecular complexity index is 638. The summed E-state index contributed by atoms with van der Waals surface area (Å²) in [6.07, 6.45) is 4.59. The molecule has 2 unspecified atom stereocenters. The van der Waals surface area contributed by atoms with Crippen molar-refractivity contribution < 1.29 is 18.3 Å². The molecule has 1 N–H and O–H groups in total. The summed E-state index contributed by atoms with van der Waals surface area (Å²) in [6, 6.07) is -0.990. The fraction of sp³-hybridized carbons (Fsp3) is 0.636. The third-order valence-corrected chi connectivity index (χ3v) is 6.99. The van der Waals surface area contributed by atoms with Crippen LogP contribution >= 0.6 is 11.8 Å². The van der Waals surface area contributed by atoms with E-state index in [2.05, 4.69) is 5.10 Å². The number of carboxylic acids is 1. The number of carboxylic acid groups (broad SMARTS) is 1. The molecule has 2 heterocycles. The van der Waals surface area contributed by atoms with E-state index in [1.54, 1.807) is 7.05 Å². The summed E-state index contributed by atoms with van der Waals surface area (Å²) in [5, 5.41) is 12.9. The topological polar surface area (TPSA) is 92.5 Å². The third kappa shape index (κ3) is 2.23. The van der Waals surface area contributed by atoms with Crippen LogP contribution in [-0.2, 0) is 21.9 Å². The van der Waals surface area contributed by atoms with Gasteiger partial charge in [0, 0.05) is 19.0 Å². The first-order valence-corrected chi connectivity index (χ1v) is 8.77. The van der Waals surface area contributed by atoms with E-state index in [-0.39, 0.29) is 16.2 Å². The quantitative estimate of drug-likeness (QED) is 0.861. The number of aryl methyl sites for hydroxylation is 1. The predicted octanol–water partition coefficient (Wildman–Crippen LogP) is 0.347. The van der Waals surface area contributed by atoms with Gasteiger partial charge in [-0.25, -0.2) is 8.42 Å². The molecule has 110 valence electrons. The van der Waals surface area contributed by atoms with Crippen molar-refractivity contribution in [3.05, 3.63) is 12.4 Å². The fourth-order valence-electron chi connectivity index (χ4n) is 2.38. The SMILES string of the molecule is Cn1cc(S(=O)(=O)N2C(C(=O)O)CSC2C2CC2)cn1. The number of aromatic nitrogens is 2. The average molecular weight is 317 g/mol. The van der Waals surface area contributed by atoms with Gasteiger partial charge in [-0.15, -0.1) is 11.8 Å². The van der Waals surface area contributed by atoms with Crippen LogP contribution < -0.4 is 0 Å². The summed E-state index contributed by atoms with van der Waals surface area (Å²) in [4.78, 5) is 11.4. The number of carbonyl (C=O) groups is 1. The summed E-state index contributed by atoms with van der Waals surface area (Å²) >= 11 is 1.42. The lowest BCUT2D eigenvalue weighted by molar-refractivity contribution is -0.140. The maximum Gasteiger partial charge on any atom is 0.322 e. The number of hydrogen-bond donors (Lipinski definition) is 1. The second-order valence-corrected chi connectivity index (χ2v) is 8.09. The summed E-state index contributed by atoms with van der Waals surface area (Å²) in [5.74, 6) is -0.514. The van der Waals surface area contributed by atoms with E-state index in [1.807, 2.05) is 0 Å². The standard InChI is InChI=1S/C11H15N3O4S2/c1-13-5-8(4-12-13)20(17,18)14-9(11(15)16)6-19-10(14)7-2-3-7/h4-5,7,9-10H,2-3,6H2,1H3,(H,15,16). The largest absolute Gasteiger partial charge is 0.480 e. The Hall–Kier alpha value is -1.06. The van der Waals surface area contributed by atoms with Gasteiger partial charge in [-0.05, 0) is 18.8 Å². The van der Waals surface area contributed by atoms with Gasteiger partial charge in [-0.1, -0.05) is 0 Å². The van der Waals surface area contributed by atoms with Crippen molar-refractivity contribution in [1.82, 2.24) is 14.1 Å². The summed E-state index contributed by atoms with van der Waals surface area (Å²) in [7, 11) is -2.19. The first-order valence-electron chi connectivity index (χ1n) is 6.28. The van der Waals surface area contributed by atoms with E-state index >= 15 is 0 Å². The lowest BCUT2D eigenvalue weighted by Gasteiger charge is -2.25. The number of hydrogen-bond acceptors (Lipinski definition) is 5. The van der Waals surface area contributed by atoms with E-state index in [0.29, 0.717) is 5.75 Å². The molecule has 7 nitrogen and oxygen atoms in total. The summed E-state index contributed by atoms with van der Waals surface area (Å²) < 4.78 is 28.0. The summed E-state index contributed by atoms with van der Waals surface area (Å²) in [5.41, 5.74) is 0. The van der Waals surface area contributed by atoms with Crippen LogP contribution in [-0.4, -0.2) is 50.7 Å². The van der Waals surface area contributed by atoms with Gasteiger partial charge >= 0.3 is 5.97 Å². The molecule has 1 saturated heterocycles. The molecule has 0 amide bonds. The fourth-order valence-corrected chi connectivity index (χ4v) is 6.17. The Morgan fingerprint density at radius 1 is 1.50 bits per heavy atom. The Kier molecular flexibility index (Phi) is 3.30. The molecule has 1 aromatic heterocycles. The van der Waals surface area contributed by atoms with Crippen molar-refractivity contribution in [2.45, 2.75) is 29.2 Å². The number of aliphatic carboxylic acids is 1. The molecule has 2 atom stereocenters. The Morgan fingerprint density at radius 3 is 2.70 bits per heavy atom. The first kappa shape index (κ1) is 13.9. The van der Waals surface area contributed by atoms with Gasteiger partial charge in [0.1, 0.15) is 10.9 Å². The van der Waals surface area contributed by atoms with Gasteiger partial charge in [-0.3, -0.25) is 9.48 Å². The summed E-state index contributed by atoms with van der Waals surface area (Å²) in [6.45, 7) is 0. The zero-order valence-corrected chi connectivity index (χ0v) is 12.5. The van der Waals surface area contributed by atoms with Crippen molar-refractivity contribution in [2.75, 3.05) is 5.75 Å². The van der Waals surface area contributed by atoms with E-state index < -0.39 is 22.0 Å². The van der Waals surface area contributed by atoms with Crippen LogP contribution in [0.2, 0.25) is 0 Å². The molecule has 3 rings (SSSR count). The Morgan fingerprint density at radius 2 is 2.20 bits per heavy atom. The molecule has 2 fully saturated rings. The molecule has 2 aliphatic rings. The molecule has 1 aliphatic carbocycles. The monoisotopic (exact) mass is 317 g/mol. The van der Waals surface area contributed by atoms with Crippen LogP contribution in [0.1, 0.15) is 12.8 Å². The molecule has 1 aliphatic heterocycles. The maximum atomic E-state index is 12.7. The van der Waals surface area contributed by atoms with Crippen LogP contribution in [0.4, 0.5) is 0 Å².